The Balaban J connectivity index is 1.21. The molecule has 0 heterocycles. The third-order valence-electron chi connectivity index (χ3n) is 11.4. The summed E-state index contributed by atoms with van der Waals surface area (Å²) in [6.07, 6.45) is 0. The van der Waals surface area contributed by atoms with Crippen LogP contribution in [0.15, 0.2) is 194 Å². The Morgan fingerprint density at radius 3 is 1.28 bits per heavy atom. The molecule has 0 N–H and O–H groups in total. The van der Waals surface area contributed by atoms with E-state index in [0.29, 0.717) is 0 Å². The molecule has 0 amide bonds. The third-order valence-corrected chi connectivity index (χ3v) is 11.4. The minimum absolute atomic E-state index is 0.0908. The van der Waals surface area contributed by atoms with Crippen LogP contribution in [-0.2, 0) is 5.41 Å². The summed E-state index contributed by atoms with van der Waals surface area (Å²) < 4.78 is 0. The Hall–Kier alpha value is -6.50. The average molecular weight is 675 g/mol. The summed E-state index contributed by atoms with van der Waals surface area (Å²) in [4.78, 5) is 0. The minimum Gasteiger partial charge on any atom is -0.0622 e. The first-order valence-electron chi connectivity index (χ1n) is 18.6. The van der Waals surface area contributed by atoms with Crippen molar-refractivity contribution in [1.82, 2.24) is 0 Å². The van der Waals surface area contributed by atoms with Crippen molar-refractivity contribution in [2.75, 3.05) is 0 Å². The number of hydrogen-bond donors (Lipinski definition) is 0. The SMILES string of the molecule is CC1(C)c2ccccc2-c2cccc(-c3cccc(-c4c5ccccc5c(-c5cc(-c6ccccc6)cc(-c6ccccc6)c5)c5ccccc45)c3)c21. The zero-order chi connectivity index (χ0) is 35.5. The van der Waals surface area contributed by atoms with Gasteiger partial charge in [-0.2, -0.15) is 0 Å². The predicted octanol–water partition coefficient (Wildman–Crippen LogP) is 14.6. The van der Waals surface area contributed by atoms with Crippen molar-refractivity contribution in [3.8, 4) is 66.8 Å². The normalized spacial score (nSPS) is 12.9. The molecular weight excluding hydrogens is 637 g/mol. The molecule has 0 nitrogen and oxygen atoms in total. The topological polar surface area (TPSA) is 0 Å². The van der Waals surface area contributed by atoms with E-state index >= 15 is 0 Å². The van der Waals surface area contributed by atoms with Crippen LogP contribution in [0, 0.1) is 0 Å². The van der Waals surface area contributed by atoms with E-state index in [0.717, 1.165) is 0 Å². The first-order valence-corrected chi connectivity index (χ1v) is 18.6. The highest BCUT2D eigenvalue weighted by Crippen LogP contribution is 2.52. The summed E-state index contributed by atoms with van der Waals surface area (Å²) >= 11 is 0. The van der Waals surface area contributed by atoms with E-state index in [1.807, 2.05) is 0 Å². The molecule has 0 bridgehead atoms. The van der Waals surface area contributed by atoms with Crippen molar-refractivity contribution in [2.24, 2.45) is 0 Å². The quantitative estimate of drug-likeness (QED) is 0.159. The van der Waals surface area contributed by atoms with Gasteiger partial charge >= 0.3 is 0 Å². The summed E-state index contributed by atoms with van der Waals surface area (Å²) in [6.45, 7) is 4.75. The van der Waals surface area contributed by atoms with Crippen LogP contribution in [0.3, 0.4) is 0 Å². The highest BCUT2D eigenvalue weighted by atomic mass is 14.4. The van der Waals surface area contributed by atoms with Gasteiger partial charge in [0.25, 0.3) is 0 Å². The maximum absolute atomic E-state index is 2.42. The lowest BCUT2D eigenvalue weighted by Crippen LogP contribution is -2.16. The lowest BCUT2D eigenvalue weighted by Gasteiger charge is -2.25. The van der Waals surface area contributed by atoms with Crippen LogP contribution < -0.4 is 0 Å². The van der Waals surface area contributed by atoms with Gasteiger partial charge in [-0.1, -0.05) is 184 Å². The fourth-order valence-corrected chi connectivity index (χ4v) is 9.05. The number of benzene rings is 9. The Morgan fingerprint density at radius 2 is 0.679 bits per heavy atom. The summed E-state index contributed by atoms with van der Waals surface area (Å²) in [5.41, 5.74) is 17.8. The van der Waals surface area contributed by atoms with Gasteiger partial charge in [-0.3, -0.25) is 0 Å². The number of rotatable bonds is 5. The second-order valence-electron chi connectivity index (χ2n) is 14.9. The first kappa shape index (κ1) is 31.3. The van der Waals surface area contributed by atoms with Gasteiger partial charge in [0.15, 0.2) is 0 Å². The largest absolute Gasteiger partial charge is 0.0622 e. The molecule has 0 saturated heterocycles. The smallest absolute Gasteiger partial charge is 0.0165 e. The number of hydrogen-bond acceptors (Lipinski definition) is 0. The van der Waals surface area contributed by atoms with Crippen molar-refractivity contribution in [2.45, 2.75) is 19.3 Å². The molecule has 53 heavy (non-hydrogen) atoms. The summed E-state index contributed by atoms with van der Waals surface area (Å²) in [7, 11) is 0. The van der Waals surface area contributed by atoms with Crippen LogP contribution in [0.2, 0.25) is 0 Å². The fraction of sp³-hybridized carbons (Fsp3) is 0.0566. The maximum atomic E-state index is 2.42. The highest BCUT2D eigenvalue weighted by Gasteiger charge is 2.37. The molecule has 1 aliphatic rings. The molecule has 0 radical (unpaired) electrons. The molecule has 9 aromatic carbocycles. The van der Waals surface area contributed by atoms with Crippen LogP contribution in [0.25, 0.3) is 88.3 Å². The Bertz CT molecular complexity index is 2720. The van der Waals surface area contributed by atoms with Crippen molar-refractivity contribution in [1.29, 1.82) is 0 Å². The Morgan fingerprint density at radius 1 is 0.283 bits per heavy atom. The molecule has 10 rings (SSSR count). The molecule has 0 aliphatic heterocycles. The second kappa shape index (κ2) is 12.3. The van der Waals surface area contributed by atoms with Gasteiger partial charge in [-0.15, -0.1) is 0 Å². The maximum Gasteiger partial charge on any atom is 0.0165 e. The van der Waals surface area contributed by atoms with E-state index < -0.39 is 0 Å². The van der Waals surface area contributed by atoms with Gasteiger partial charge < -0.3 is 0 Å². The van der Waals surface area contributed by atoms with E-state index in [-0.39, 0.29) is 5.41 Å². The van der Waals surface area contributed by atoms with Gasteiger partial charge in [0.1, 0.15) is 0 Å². The van der Waals surface area contributed by atoms with E-state index in [2.05, 4.69) is 208 Å². The average Bonchev–Trinajstić information content (AvgIpc) is 3.46. The zero-order valence-corrected chi connectivity index (χ0v) is 30.0. The second-order valence-corrected chi connectivity index (χ2v) is 14.9. The minimum atomic E-state index is -0.0908. The van der Waals surface area contributed by atoms with Gasteiger partial charge in [0, 0.05) is 5.41 Å². The Kier molecular flexibility index (Phi) is 7.27. The predicted molar refractivity (Wildman–Crippen MR) is 226 cm³/mol. The van der Waals surface area contributed by atoms with Crippen LogP contribution >= 0.6 is 0 Å². The molecule has 250 valence electrons. The molecule has 0 aromatic heterocycles. The van der Waals surface area contributed by atoms with Crippen molar-refractivity contribution < 1.29 is 0 Å². The standard InChI is InChI=1S/C53H38/c1-53(2)49-30-14-13-23-43(49)48-29-16-28-42(52(48)53)37-21-15-22-38(31-37)50-44-24-9-11-26-46(44)51(47-27-12-10-25-45(47)50)41-33-39(35-17-5-3-6-18-35)32-40(34-41)36-19-7-4-8-20-36/h3-34H,1-2H3. The Labute approximate surface area is 311 Å². The number of fused-ring (bicyclic) bond motifs is 5. The van der Waals surface area contributed by atoms with E-state index in [1.54, 1.807) is 0 Å². The van der Waals surface area contributed by atoms with Crippen molar-refractivity contribution in [3.05, 3.63) is 205 Å². The third kappa shape index (κ3) is 5.06. The van der Waals surface area contributed by atoms with Crippen LogP contribution in [0.5, 0.6) is 0 Å². The van der Waals surface area contributed by atoms with Gasteiger partial charge in [0.2, 0.25) is 0 Å². The molecule has 0 saturated carbocycles. The molecule has 0 fully saturated rings. The van der Waals surface area contributed by atoms with E-state index in [9.17, 15) is 0 Å². The van der Waals surface area contributed by atoms with Crippen molar-refractivity contribution in [3.63, 3.8) is 0 Å². The molecule has 0 spiro atoms. The lowest BCUT2D eigenvalue weighted by molar-refractivity contribution is 0.662. The summed E-state index contributed by atoms with van der Waals surface area (Å²) in [6, 6.07) is 71.6. The summed E-state index contributed by atoms with van der Waals surface area (Å²) in [5.74, 6) is 0. The van der Waals surface area contributed by atoms with Gasteiger partial charge in [0.05, 0.1) is 0 Å². The summed E-state index contributed by atoms with van der Waals surface area (Å²) in [5, 5.41) is 5.03. The van der Waals surface area contributed by atoms with Crippen LogP contribution in [-0.4, -0.2) is 0 Å². The lowest BCUT2D eigenvalue weighted by atomic mass is 9.78. The van der Waals surface area contributed by atoms with Crippen LogP contribution in [0.1, 0.15) is 25.0 Å². The first-order chi connectivity index (χ1) is 26.1. The van der Waals surface area contributed by atoms with Crippen LogP contribution in [0.4, 0.5) is 0 Å². The molecule has 1 aliphatic carbocycles. The molecule has 0 atom stereocenters. The fourth-order valence-electron chi connectivity index (χ4n) is 9.05. The van der Waals surface area contributed by atoms with Crippen molar-refractivity contribution >= 4 is 21.5 Å². The molecular formula is C53H38. The van der Waals surface area contributed by atoms with Gasteiger partial charge in [-0.25, -0.2) is 0 Å². The zero-order valence-electron chi connectivity index (χ0n) is 30.0. The molecule has 9 aromatic rings. The van der Waals surface area contributed by atoms with Gasteiger partial charge in [-0.05, 0) is 124 Å². The van der Waals surface area contributed by atoms with E-state index in [4.69, 9.17) is 0 Å². The highest BCUT2D eigenvalue weighted by molar-refractivity contribution is 6.21. The molecule has 0 heteroatoms. The monoisotopic (exact) mass is 674 g/mol. The molecule has 0 unspecified atom stereocenters. The van der Waals surface area contributed by atoms with E-state index in [1.165, 1.54) is 99.4 Å².